The van der Waals surface area contributed by atoms with E-state index < -0.39 is 32.7 Å². The molecule has 1 fully saturated rings. The van der Waals surface area contributed by atoms with Crippen molar-refractivity contribution in [2.75, 3.05) is 0 Å². The molecule has 0 bridgehead atoms. The molecule has 8 nitrogen and oxygen atoms in total. The third kappa shape index (κ3) is 5.83. The fraction of sp³-hybridized carbons (Fsp3) is 0.348. The van der Waals surface area contributed by atoms with Crippen molar-refractivity contribution < 1.29 is 27.2 Å². The maximum Gasteiger partial charge on any atom is 0.322 e. The van der Waals surface area contributed by atoms with Gasteiger partial charge in [-0.2, -0.15) is 9.71 Å². The maximum absolute atomic E-state index is 14.9. The first-order chi connectivity index (χ1) is 16.7. The fourth-order valence-electron chi connectivity index (χ4n) is 4.13. The molecule has 2 aromatic carbocycles. The number of nitrogens with one attached hydrogen (secondary N) is 1. The molecule has 1 aliphatic carbocycles. The predicted molar refractivity (Wildman–Crippen MR) is 127 cm³/mol. The van der Waals surface area contributed by atoms with Crippen LogP contribution in [0.4, 0.5) is 4.39 Å². The van der Waals surface area contributed by atoms with Gasteiger partial charge in [0.1, 0.15) is 16.8 Å². The molecule has 12 heteroatoms. The molecule has 0 radical (unpaired) electrons. The highest BCUT2D eigenvalue weighted by Gasteiger charge is 2.29. The Labute approximate surface area is 211 Å². The van der Waals surface area contributed by atoms with Crippen molar-refractivity contribution in [1.82, 2.24) is 14.9 Å². The number of aliphatic carboxylic acids is 1. The van der Waals surface area contributed by atoms with E-state index in [9.17, 15) is 22.7 Å². The molecule has 186 valence electrons. The largest absolute Gasteiger partial charge is 0.480 e. The van der Waals surface area contributed by atoms with Crippen LogP contribution >= 0.6 is 23.2 Å². The van der Waals surface area contributed by atoms with Crippen LogP contribution in [0, 0.1) is 5.82 Å². The van der Waals surface area contributed by atoms with Crippen LogP contribution in [0.5, 0.6) is 0 Å². The van der Waals surface area contributed by atoms with Crippen molar-refractivity contribution in [3.8, 4) is 11.4 Å². The van der Waals surface area contributed by atoms with Gasteiger partial charge in [-0.05, 0) is 49.1 Å². The SMILES string of the molecule is O=C(O)C(Cc1ccc(-c2noc(C3CCCCC3)n2)c(F)c1)NS(=O)(=O)c1c(Cl)cccc1Cl. The summed E-state index contributed by atoms with van der Waals surface area (Å²) in [6.45, 7) is 0. The number of benzene rings is 2. The second-order valence-electron chi connectivity index (χ2n) is 8.37. The van der Waals surface area contributed by atoms with Gasteiger partial charge < -0.3 is 9.63 Å². The van der Waals surface area contributed by atoms with Crippen LogP contribution < -0.4 is 4.72 Å². The lowest BCUT2D eigenvalue weighted by Gasteiger charge is -2.17. The molecule has 1 atom stereocenters. The fourth-order valence-corrected chi connectivity index (χ4v) is 6.46. The zero-order valence-electron chi connectivity index (χ0n) is 18.4. The van der Waals surface area contributed by atoms with Gasteiger partial charge in [-0.15, -0.1) is 0 Å². The summed E-state index contributed by atoms with van der Waals surface area (Å²) in [5, 5.41) is 13.2. The summed E-state index contributed by atoms with van der Waals surface area (Å²) in [6.07, 6.45) is 4.93. The summed E-state index contributed by atoms with van der Waals surface area (Å²) in [4.78, 5) is 15.7. The zero-order valence-corrected chi connectivity index (χ0v) is 20.7. The number of rotatable bonds is 8. The molecule has 1 heterocycles. The number of halogens is 3. The molecule has 0 amide bonds. The molecule has 2 N–H and O–H groups in total. The molecule has 1 aliphatic rings. The lowest BCUT2D eigenvalue weighted by molar-refractivity contribution is -0.138. The molecule has 0 spiro atoms. The quantitative estimate of drug-likeness (QED) is 0.401. The number of sulfonamides is 1. The van der Waals surface area contributed by atoms with Crippen molar-refractivity contribution in [3.05, 3.63) is 63.7 Å². The Morgan fingerprint density at radius 1 is 1.17 bits per heavy atom. The molecular formula is C23H22Cl2FN3O5S. The summed E-state index contributed by atoms with van der Waals surface area (Å²) >= 11 is 11.9. The van der Waals surface area contributed by atoms with Crippen molar-refractivity contribution in [2.45, 2.75) is 55.4 Å². The van der Waals surface area contributed by atoms with Crippen LogP contribution in [0.1, 0.15) is 49.5 Å². The molecular weight excluding hydrogens is 520 g/mol. The summed E-state index contributed by atoms with van der Waals surface area (Å²) in [6, 6.07) is 6.54. The minimum atomic E-state index is -4.38. The third-order valence-electron chi connectivity index (χ3n) is 5.89. The van der Waals surface area contributed by atoms with Crippen molar-refractivity contribution >= 4 is 39.2 Å². The summed E-state index contributed by atoms with van der Waals surface area (Å²) < 4.78 is 47.9. The molecule has 1 saturated carbocycles. The highest BCUT2D eigenvalue weighted by Crippen LogP contribution is 2.33. The molecule has 35 heavy (non-hydrogen) atoms. The topological polar surface area (TPSA) is 122 Å². The summed E-state index contributed by atoms with van der Waals surface area (Å²) in [5.41, 5.74) is 0.359. The van der Waals surface area contributed by atoms with Crippen LogP contribution in [-0.2, 0) is 21.2 Å². The van der Waals surface area contributed by atoms with Crippen LogP contribution in [0.15, 0.2) is 45.8 Å². The third-order valence-corrected chi connectivity index (χ3v) is 8.32. The molecule has 1 aromatic heterocycles. The zero-order chi connectivity index (χ0) is 25.2. The van der Waals surface area contributed by atoms with Gasteiger partial charge >= 0.3 is 5.97 Å². The number of carboxylic acids is 1. The average Bonchev–Trinajstić information content (AvgIpc) is 3.29. The highest BCUT2D eigenvalue weighted by molar-refractivity contribution is 7.89. The van der Waals surface area contributed by atoms with Gasteiger partial charge in [0, 0.05) is 5.92 Å². The standard InChI is InChI=1S/C23H22Cl2FN3O5S/c24-16-7-4-8-17(25)20(16)35(32,33)29-19(23(30)31)12-13-9-10-15(18(26)11-13)21-27-22(34-28-21)14-5-2-1-3-6-14/h4,7-11,14,19,29H,1-3,5-6,12H2,(H,30,31). The van der Waals surface area contributed by atoms with Gasteiger partial charge in [0.05, 0.1) is 15.6 Å². The Morgan fingerprint density at radius 3 is 2.49 bits per heavy atom. The van der Waals surface area contributed by atoms with E-state index >= 15 is 0 Å². The first-order valence-electron chi connectivity index (χ1n) is 11.0. The van der Waals surface area contributed by atoms with Crippen LogP contribution in [-0.4, -0.2) is 35.7 Å². The second-order valence-corrected chi connectivity index (χ2v) is 10.8. The van der Waals surface area contributed by atoms with Crippen molar-refractivity contribution in [3.63, 3.8) is 0 Å². The van der Waals surface area contributed by atoms with Crippen LogP contribution in [0.2, 0.25) is 10.0 Å². The normalized spacial score (nSPS) is 15.7. The van der Waals surface area contributed by atoms with E-state index in [1.54, 1.807) is 0 Å². The Kier molecular flexibility index (Phi) is 7.75. The minimum Gasteiger partial charge on any atom is -0.480 e. The van der Waals surface area contributed by atoms with Gasteiger partial charge in [-0.1, -0.05) is 59.8 Å². The van der Waals surface area contributed by atoms with Gasteiger partial charge in [0.25, 0.3) is 0 Å². The smallest absolute Gasteiger partial charge is 0.322 e. The number of carboxylic acid groups (broad SMARTS) is 1. The van der Waals surface area contributed by atoms with E-state index in [1.807, 2.05) is 0 Å². The van der Waals surface area contributed by atoms with Gasteiger partial charge in [-0.3, -0.25) is 4.79 Å². The summed E-state index contributed by atoms with van der Waals surface area (Å²) in [5.74, 6) is -1.36. The van der Waals surface area contributed by atoms with Gasteiger partial charge in [-0.25, -0.2) is 12.8 Å². The predicted octanol–water partition coefficient (Wildman–Crippen LogP) is 5.20. The Balaban J connectivity index is 1.52. The lowest BCUT2D eigenvalue weighted by Crippen LogP contribution is -2.42. The van der Waals surface area contributed by atoms with E-state index in [4.69, 9.17) is 27.7 Å². The van der Waals surface area contributed by atoms with Gasteiger partial charge in [0.15, 0.2) is 0 Å². The van der Waals surface area contributed by atoms with E-state index in [2.05, 4.69) is 14.9 Å². The number of hydrogen-bond acceptors (Lipinski definition) is 6. The molecule has 1 unspecified atom stereocenters. The van der Waals surface area contributed by atoms with E-state index in [-0.39, 0.29) is 39.3 Å². The highest BCUT2D eigenvalue weighted by atomic mass is 35.5. The van der Waals surface area contributed by atoms with Crippen molar-refractivity contribution in [1.29, 1.82) is 0 Å². The van der Waals surface area contributed by atoms with E-state index in [0.29, 0.717) is 5.89 Å². The van der Waals surface area contributed by atoms with Crippen molar-refractivity contribution in [2.24, 2.45) is 0 Å². The Hall–Kier alpha value is -2.53. The number of nitrogens with zero attached hydrogens (tertiary/aromatic N) is 2. The maximum atomic E-state index is 14.9. The number of carbonyl (C=O) groups is 1. The number of aromatic nitrogens is 2. The van der Waals surface area contributed by atoms with Crippen LogP contribution in [0.25, 0.3) is 11.4 Å². The van der Waals surface area contributed by atoms with E-state index in [0.717, 1.165) is 31.7 Å². The molecule has 3 aromatic rings. The average molecular weight is 542 g/mol. The monoisotopic (exact) mass is 541 g/mol. The summed E-state index contributed by atoms with van der Waals surface area (Å²) in [7, 11) is -4.38. The Morgan fingerprint density at radius 2 is 1.86 bits per heavy atom. The first-order valence-corrected chi connectivity index (χ1v) is 13.2. The van der Waals surface area contributed by atoms with E-state index in [1.165, 1.54) is 36.8 Å². The van der Waals surface area contributed by atoms with Gasteiger partial charge in [0.2, 0.25) is 21.7 Å². The second kappa shape index (κ2) is 10.6. The first kappa shape index (κ1) is 25.6. The number of hydrogen-bond donors (Lipinski definition) is 2. The molecule has 0 aliphatic heterocycles. The lowest BCUT2D eigenvalue weighted by atomic mass is 9.89. The Bertz CT molecular complexity index is 1320. The van der Waals surface area contributed by atoms with Crippen LogP contribution in [0.3, 0.4) is 0 Å². The molecule has 4 rings (SSSR count). The minimum absolute atomic E-state index is 0.106. The molecule has 0 saturated heterocycles.